The van der Waals surface area contributed by atoms with Crippen molar-refractivity contribution in [3.8, 4) is 17.6 Å². The first-order valence-corrected chi connectivity index (χ1v) is 6.53. The quantitative estimate of drug-likeness (QED) is 0.881. The molecular weight excluding hydrogens is 296 g/mol. The monoisotopic (exact) mass is 307 g/mol. The third kappa shape index (κ3) is 4.19. The number of hydrogen-bond acceptors (Lipinski definition) is 2. The summed E-state index contributed by atoms with van der Waals surface area (Å²) in [5, 5.41) is 0.259. The molecule has 0 atom stereocenters. The van der Waals surface area contributed by atoms with Gasteiger partial charge in [-0.15, -0.1) is 0 Å². The number of ether oxygens (including phenoxy) is 1. The molecule has 21 heavy (non-hydrogen) atoms. The SMILES string of the molecule is NCC#Cc1cc(F)cc(OCc2c(F)cccc2Cl)c1. The van der Waals surface area contributed by atoms with E-state index in [0.717, 1.165) is 0 Å². The molecule has 0 spiro atoms. The lowest BCUT2D eigenvalue weighted by Crippen LogP contribution is -2.00. The van der Waals surface area contributed by atoms with Gasteiger partial charge in [-0.05, 0) is 24.3 Å². The predicted octanol–water partition coefficient (Wildman–Crippen LogP) is 3.51. The van der Waals surface area contributed by atoms with Crippen LogP contribution < -0.4 is 10.5 Å². The minimum atomic E-state index is -0.492. The zero-order valence-electron chi connectivity index (χ0n) is 11.0. The smallest absolute Gasteiger partial charge is 0.131 e. The Kier molecular flexibility index (Phi) is 5.15. The highest BCUT2D eigenvalue weighted by molar-refractivity contribution is 6.31. The van der Waals surface area contributed by atoms with Gasteiger partial charge in [-0.2, -0.15) is 0 Å². The van der Waals surface area contributed by atoms with Crippen LogP contribution in [0.4, 0.5) is 8.78 Å². The zero-order chi connectivity index (χ0) is 15.2. The van der Waals surface area contributed by atoms with Gasteiger partial charge in [-0.25, -0.2) is 8.78 Å². The first kappa shape index (κ1) is 15.3. The van der Waals surface area contributed by atoms with Crippen molar-refractivity contribution in [1.29, 1.82) is 0 Å². The van der Waals surface area contributed by atoms with Gasteiger partial charge in [0.25, 0.3) is 0 Å². The van der Waals surface area contributed by atoms with E-state index >= 15 is 0 Å². The third-order valence-electron chi connectivity index (χ3n) is 2.65. The van der Waals surface area contributed by atoms with Crippen LogP contribution in [-0.4, -0.2) is 6.54 Å². The number of benzene rings is 2. The molecule has 2 rings (SSSR count). The fraction of sp³-hybridized carbons (Fsp3) is 0.125. The van der Waals surface area contributed by atoms with E-state index in [0.29, 0.717) is 5.56 Å². The molecule has 2 nitrogen and oxygen atoms in total. The van der Waals surface area contributed by atoms with Crippen LogP contribution in [0.5, 0.6) is 5.75 Å². The average molecular weight is 308 g/mol. The fourth-order valence-electron chi connectivity index (χ4n) is 1.70. The lowest BCUT2D eigenvalue weighted by molar-refractivity contribution is 0.298. The van der Waals surface area contributed by atoms with Crippen molar-refractivity contribution in [3.63, 3.8) is 0 Å². The van der Waals surface area contributed by atoms with Crippen LogP contribution in [0.1, 0.15) is 11.1 Å². The highest BCUT2D eigenvalue weighted by Gasteiger charge is 2.08. The maximum absolute atomic E-state index is 13.6. The van der Waals surface area contributed by atoms with Gasteiger partial charge in [0.2, 0.25) is 0 Å². The van der Waals surface area contributed by atoms with E-state index in [1.54, 1.807) is 12.1 Å². The van der Waals surface area contributed by atoms with Gasteiger partial charge >= 0.3 is 0 Å². The van der Waals surface area contributed by atoms with Gasteiger partial charge in [0, 0.05) is 17.2 Å². The first-order valence-electron chi connectivity index (χ1n) is 6.15. The average Bonchev–Trinajstić information content (AvgIpc) is 2.44. The van der Waals surface area contributed by atoms with E-state index in [-0.39, 0.29) is 29.5 Å². The van der Waals surface area contributed by atoms with E-state index in [4.69, 9.17) is 22.1 Å². The molecule has 0 aromatic heterocycles. The maximum atomic E-state index is 13.6. The van der Waals surface area contributed by atoms with E-state index in [9.17, 15) is 8.78 Å². The fourth-order valence-corrected chi connectivity index (χ4v) is 1.91. The van der Waals surface area contributed by atoms with Crippen LogP contribution >= 0.6 is 11.6 Å². The normalized spacial score (nSPS) is 9.90. The zero-order valence-corrected chi connectivity index (χ0v) is 11.8. The maximum Gasteiger partial charge on any atom is 0.131 e. The van der Waals surface area contributed by atoms with Crippen molar-refractivity contribution in [1.82, 2.24) is 0 Å². The molecule has 0 radical (unpaired) electrons. The topological polar surface area (TPSA) is 35.2 Å². The molecule has 0 heterocycles. The lowest BCUT2D eigenvalue weighted by atomic mass is 10.2. The van der Waals surface area contributed by atoms with Crippen molar-refractivity contribution >= 4 is 11.6 Å². The Morgan fingerprint density at radius 1 is 1.19 bits per heavy atom. The molecule has 2 aromatic carbocycles. The summed E-state index contributed by atoms with van der Waals surface area (Å²) < 4.78 is 32.5. The summed E-state index contributed by atoms with van der Waals surface area (Å²) in [4.78, 5) is 0. The van der Waals surface area contributed by atoms with Crippen LogP contribution in [0.3, 0.4) is 0 Å². The second-order valence-electron chi connectivity index (χ2n) is 4.17. The van der Waals surface area contributed by atoms with Crippen molar-refractivity contribution in [2.45, 2.75) is 6.61 Å². The van der Waals surface area contributed by atoms with Crippen molar-refractivity contribution in [2.24, 2.45) is 5.73 Å². The van der Waals surface area contributed by atoms with E-state index in [2.05, 4.69) is 11.8 Å². The van der Waals surface area contributed by atoms with Gasteiger partial charge in [0.1, 0.15) is 24.0 Å². The molecule has 0 saturated carbocycles. The number of halogens is 3. The number of rotatable bonds is 3. The largest absolute Gasteiger partial charge is 0.489 e. The highest BCUT2D eigenvalue weighted by Crippen LogP contribution is 2.22. The van der Waals surface area contributed by atoms with Gasteiger partial charge in [0.15, 0.2) is 0 Å². The van der Waals surface area contributed by atoms with Gasteiger partial charge in [-0.3, -0.25) is 0 Å². The number of nitrogens with two attached hydrogens (primary N) is 1. The molecule has 5 heteroatoms. The lowest BCUT2D eigenvalue weighted by Gasteiger charge is -2.09. The van der Waals surface area contributed by atoms with Crippen molar-refractivity contribution < 1.29 is 13.5 Å². The second-order valence-corrected chi connectivity index (χ2v) is 4.58. The molecule has 0 aliphatic carbocycles. The predicted molar refractivity (Wildman–Crippen MR) is 78.1 cm³/mol. The molecule has 0 unspecified atom stereocenters. The Morgan fingerprint density at radius 3 is 2.71 bits per heavy atom. The molecule has 108 valence electrons. The van der Waals surface area contributed by atoms with Crippen LogP contribution in [-0.2, 0) is 6.61 Å². The van der Waals surface area contributed by atoms with E-state index in [1.165, 1.54) is 24.3 Å². The number of hydrogen-bond donors (Lipinski definition) is 1. The Labute approximate surface area is 126 Å². The minimum absolute atomic E-state index is 0.0985. The van der Waals surface area contributed by atoms with Gasteiger partial charge in [-0.1, -0.05) is 29.5 Å². The van der Waals surface area contributed by atoms with E-state index in [1.807, 2.05) is 0 Å². The Morgan fingerprint density at radius 2 is 2.00 bits per heavy atom. The summed E-state index contributed by atoms with van der Waals surface area (Å²) >= 11 is 5.90. The molecule has 0 aliphatic rings. The van der Waals surface area contributed by atoms with Crippen LogP contribution in [0.25, 0.3) is 0 Å². The standard InChI is InChI=1S/C16H12ClF2NO/c17-15-4-1-5-16(19)14(15)10-21-13-8-11(3-2-6-20)7-12(18)9-13/h1,4-5,7-9H,6,10,20H2. The summed E-state index contributed by atoms with van der Waals surface area (Å²) in [6.07, 6.45) is 0. The summed E-state index contributed by atoms with van der Waals surface area (Å²) in [5.41, 5.74) is 5.93. The van der Waals surface area contributed by atoms with Gasteiger partial charge in [0.05, 0.1) is 11.6 Å². The summed E-state index contributed by atoms with van der Waals surface area (Å²) in [7, 11) is 0. The summed E-state index contributed by atoms with van der Waals surface area (Å²) in [5.74, 6) is 4.62. The molecule has 2 aromatic rings. The van der Waals surface area contributed by atoms with Crippen molar-refractivity contribution in [2.75, 3.05) is 6.54 Å². The molecule has 0 aliphatic heterocycles. The molecule has 0 fully saturated rings. The molecule has 0 saturated heterocycles. The molecule has 0 bridgehead atoms. The summed E-state index contributed by atoms with van der Waals surface area (Å²) in [6, 6.07) is 8.37. The van der Waals surface area contributed by atoms with Crippen LogP contribution in [0, 0.1) is 23.5 Å². The van der Waals surface area contributed by atoms with Crippen LogP contribution in [0.15, 0.2) is 36.4 Å². The molecular formula is C16H12ClF2NO. The molecule has 2 N–H and O–H groups in total. The Bertz CT molecular complexity index is 687. The van der Waals surface area contributed by atoms with Crippen molar-refractivity contribution in [3.05, 3.63) is 64.2 Å². The molecule has 0 amide bonds. The second kappa shape index (κ2) is 7.07. The Balaban J connectivity index is 2.18. The minimum Gasteiger partial charge on any atom is -0.489 e. The highest BCUT2D eigenvalue weighted by atomic mass is 35.5. The Hall–Kier alpha value is -2.09. The third-order valence-corrected chi connectivity index (χ3v) is 3.01. The summed E-state index contributed by atoms with van der Waals surface area (Å²) in [6.45, 7) is 0.0796. The van der Waals surface area contributed by atoms with Crippen LogP contribution in [0.2, 0.25) is 5.02 Å². The van der Waals surface area contributed by atoms with E-state index < -0.39 is 11.6 Å². The van der Waals surface area contributed by atoms with Gasteiger partial charge < -0.3 is 10.5 Å². The first-order chi connectivity index (χ1) is 10.1.